The van der Waals surface area contributed by atoms with Gasteiger partial charge in [0, 0.05) is 10.7 Å². The molecule has 6 heteroatoms. The van der Waals surface area contributed by atoms with Crippen LogP contribution in [-0.4, -0.2) is 22.2 Å². The summed E-state index contributed by atoms with van der Waals surface area (Å²) in [7, 11) is 0. The first-order chi connectivity index (χ1) is 9.02. The maximum Gasteiger partial charge on any atom is 0.237 e. The average molecular weight is 344 g/mol. The highest BCUT2D eigenvalue weighted by atomic mass is 79.9. The van der Waals surface area contributed by atoms with E-state index in [-0.39, 0.29) is 11.8 Å². The number of hydrogen-bond donors (Lipinski definition) is 2. The molecule has 104 valence electrons. The number of halogens is 1. The van der Waals surface area contributed by atoms with E-state index in [1.165, 1.54) is 0 Å². The van der Waals surface area contributed by atoms with Crippen molar-refractivity contribution in [2.24, 2.45) is 17.4 Å². The van der Waals surface area contributed by atoms with E-state index in [4.69, 9.17) is 11.5 Å². The molecular formula is C13H18BrN3OS. The molecule has 0 spiro atoms. The van der Waals surface area contributed by atoms with Gasteiger partial charge in [0.15, 0.2) is 0 Å². The quantitative estimate of drug-likeness (QED) is 0.803. The molecule has 4 N–H and O–H groups in total. The van der Waals surface area contributed by atoms with Crippen LogP contribution in [0.25, 0.3) is 0 Å². The highest BCUT2D eigenvalue weighted by molar-refractivity contribution is 9.10. The fourth-order valence-electron chi connectivity index (χ4n) is 2.58. The smallest absolute Gasteiger partial charge is 0.237 e. The van der Waals surface area contributed by atoms with E-state index in [1.54, 1.807) is 18.0 Å². The van der Waals surface area contributed by atoms with Crippen molar-refractivity contribution in [1.29, 1.82) is 0 Å². The lowest BCUT2D eigenvalue weighted by Crippen LogP contribution is -2.54. The van der Waals surface area contributed by atoms with Crippen molar-refractivity contribution in [2.45, 2.75) is 36.2 Å². The Morgan fingerprint density at radius 1 is 1.58 bits per heavy atom. The van der Waals surface area contributed by atoms with Gasteiger partial charge in [0.2, 0.25) is 5.91 Å². The molecule has 1 heterocycles. The molecule has 2 atom stereocenters. The fraction of sp³-hybridized carbons (Fsp3) is 0.538. The van der Waals surface area contributed by atoms with Gasteiger partial charge in [-0.1, -0.05) is 6.42 Å². The minimum atomic E-state index is -0.798. The SMILES string of the molecule is NC(=O)C1(N)CCCC1CCSc1ccc(Br)cn1. The number of thioether (sulfide) groups is 1. The van der Waals surface area contributed by atoms with E-state index in [1.807, 2.05) is 12.1 Å². The predicted molar refractivity (Wildman–Crippen MR) is 80.7 cm³/mol. The van der Waals surface area contributed by atoms with E-state index >= 15 is 0 Å². The van der Waals surface area contributed by atoms with Crippen LogP contribution >= 0.6 is 27.7 Å². The van der Waals surface area contributed by atoms with Gasteiger partial charge in [-0.05, 0) is 59.0 Å². The lowest BCUT2D eigenvalue weighted by molar-refractivity contribution is -0.124. The van der Waals surface area contributed by atoms with Crippen LogP contribution < -0.4 is 11.5 Å². The third kappa shape index (κ3) is 3.49. The van der Waals surface area contributed by atoms with Crippen molar-refractivity contribution in [3.63, 3.8) is 0 Å². The number of nitrogens with zero attached hydrogens (tertiary/aromatic N) is 1. The standard InChI is InChI=1S/C13H18BrN3OS/c14-10-3-4-11(17-8-10)19-7-5-9-2-1-6-13(9,16)12(15)18/h3-4,8-9H,1-2,5-7,16H2,(H2,15,18). The molecule has 1 aromatic rings. The monoisotopic (exact) mass is 343 g/mol. The van der Waals surface area contributed by atoms with Gasteiger partial charge < -0.3 is 11.5 Å². The number of pyridine rings is 1. The second kappa shape index (κ2) is 6.24. The first kappa shape index (κ1) is 14.8. The fourth-order valence-corrected chi connectivity index (χ4v) is 3.72. The van der Waals surface area contributed by atoms with Crippen molar-refractivity contribution in [3.8, 4) is 0 Å². The van der Waals surface area contributed by atoms with Gasteiger partial charge in [-0.3, -0.25) is 4.79 Å². The molecule has 2 unspecified atom stereocenters. The largest absolute Gasteiger partial charge is 0.368 e. The molecule has 0 aliphatic heterocycles. The normalized spacial score (nSPS) is 26.5. The van der Waals surface area contributed by atoms with Crippen LogP contribution in [0.5, 0.6) is 0 Å². The highest BCUT2D eigenvalue weighted by Gasteiger charge is 2.43. The van der Waals surface area contributed by atoms with Gasteiger partial charge in [0.1, 0.15) is 0 Å². The van der Waals surface area contributed by atoms with Crippen LogP contribution in [0, 0.1) is 5.92 Å². The summed E-state index contributed by atoms with van der Waals surface area (Å²) in [5, 5.41) is 0.989. The van der Waals surface area contributed by atoms with Gasteiger partial charge in [0.25, 0.3) is 0 Å². The van der Waals surface area contributed by atoms with Crippen molar-refractivity contribution in [3.05, 3.63) is 22.8 Å². The van der Waals surface area contributed by atoms with E-state index in [0.29, 0.717) is 6.42 Å². The maximum atomic E-state index is 11.5. The van der Waals surface area contributed by atoms with Crippen molar-refractivity contribution in [2.75, 3.05) is 5.75 Å². The third-order valence-electron chi connectivity index (χ3n) is 3.75. The van der Waals surface area contributed by atoms with Gasteiger partial charge in [-0.25, -0.2) is 4.98 Å². The van der Waals surface area contributed by atoms with Gasteiger partial charge in [0.05, 0.1) is 10.6 Å². The summed E-state index contributed by atoms with van der Waals surface area (Å²) in [6, 6.07) is 3.95. The van der Waals surface area contributed by atoms with E-state index < -0.39 is 5.54 Å². The number of hydrogen-bond acceptors (Lipinski definition) is 4. The Hall–Kier alpha value is -0.590. The van der Waals surface area contributed by atoms with Crippen LogP contribution in [0.2, 0.25) is 0 Å². The van der Waals surface area contributed by atoms with Crippen LogP contribution in [-0.2, 0) is 4.79 Å². The zero-order valence-electron chi connectivity index (χ0n) is 10.6. The summed E-state index contributed by atoms with van der Waals surface area (Å²) in [5.41, 5.74) is 10.8. The van der Waals surface area contributed by atoms with Crippen LogP contribution in [0.3, 0.4) is 0 Å². The molecule has 1 aliphatic rings. The molecule has 1 fully saturated rings. The van der Waals surface area contributed by atoms with E-state index in [2.05, 4.69) is 20.9 Å². The first-order valence-corrected chi connectivity index (χ1v) is 8.13. The zero-order valence-corrected chi connectivity index (χ0v) is 13.0. The number of aromatic nitrogens is 1. The number of carbonyl (C=O) groups is 1. The molecule has 0 bridgehead atoms. The summed E-state index contributed by atoms with van der Waals surface area (Å²) in [5.74, 6) is 0.751. The Morgan fingerprint density at radius 2 is 2.37 bits per heavy atom. The molecule has 1 aliphatic carbocycles. The summed E-state index contributed by atoms with van der Waals surface area (Å²) in [6.07, 6.45) is 5.39. The Balaban J connectivity index is 1.85. The third-order valence-corrected chi connectivity index (χ3v) is 5.19. The van der Waals surface area contributed by atoms with Crippen LogP contribution in [0.4, 0.5) is 0 Å². The average Bonchev–Trinajstić information content (AvgIpc) is 2.75. The number of nitrogens with two attached hydrogens (primary N) is 2. The molecule has 0 saturated heterocycles. The van der Waals surface area contributed by atoms with Crippen molar-refractivity contribution >= 4 is 33.6 Å². The lowest BCUT2D eigenvalue weighted by Gasteiger charge is -2.27. The summed E-state index contributed by atoms with van der Waals surface area (Å²) < 4.78 is 0.974. The second-order valence-corrected chi connectivity index (χ2v) is 6.98. The maximum absolute atomic E-state index is 11.5. The first-order valence-electron chi connectivity index (χ1n) is 6.35. The minimum Gasteiger partial charge on any atom is -0.368 e. The number of amides is 1. The Morgan fingerprint density at radius 3 is 3.00 bits per heavy atom. The molecule has 4 nitrogen and oxygen atoms in total. The summed E-state index contributed by atoms with van der Waals surface area (Å²) >= 11 is 5.05. The van der Waals surface area contributed by atoms with Gasteiger partial charge >= 0.3 is 0 Å². The number of primary amides is 1. The predicted octanol–water partition coefficient (Wildman–Crippen LogP) is 2.31. The Bertz CT molecular complexity index is 454. The van der Waals surface area contributed by atoms with Crippen LogP contribution in [0.15, 0.2) is 27.8 Å². The molecule has 0 aromatic carbocycles. The Labute approximate surface area is 125 Å². The molecule has 2 rings (SSSR count). The number of rotatable bonds is 5. The summed E-state index contributed by atoms with van der Waals surface area (Å²) in [6.45, 7) is 0. The van der Waals surface area contributed by atoms with Gasteiger partial charge in [-0.2, -0.15) is 0 Å². The topological polar surface area (TPSA) is 82.0 Å². The minimum absolute atomic E-state index is 0.202. The molecule has 1 aromatic heterocycles. The molecule has 1 amide bonds. The molecule has 1 saturated carbocycles. The van der Waals surface area contributed by atoms with E-state index in [9.17, 15) is 4.79 Å². The molecular weight excluding hydrogens is 326 g/mol. The lowest BCUT2D eigenvalue weighted by atomic mass is 9.85. The van der Waals surface area contributed by atoms with Crippen LogP contribution in [0.1, 0.15) is 25.7 Å². The zero-order chi connectivity index (χ0) is 13.9. The second-order valence-electron chi connectivity index (χ2n) is 4.95. The highest BCUT2D eigenvalue weighted by Crippen LogP contribution is 2.37. The van der Waals surface area contributed by atoms with Gasteiger partial charge in [-0.15, -0.1) is 11.8 Å². The summed E-state index contributed by atoms with van der Waals surface area (Å²) in [4.78, 5) is 15.8. The Kier molecular flexibility index (Phi) is 4.86. The molecule has 0 radical (unpaired) electrons. The molecule has 19 heavy (non-hydrogen) atoms. The van der Waals surface area contributed by atoms with Crippen molar-refractivity contribution < 1.29 is 4.79 Å². The number of carbonyl (C=O) groups excluding carboxylic acids is 1. The van der Waals surface area contributed by atoms with E-state index in [0.717, 1.165) is 34.5 Å². The van der Waals surface area contributed by atoms with Crippen molar-refractivity contribution in [1.82, 2.24) is 4.98 Å².